The summed E-state index contributed by atoms with van der Waals surface area (Å²) in [6.45, 7) is 5.85. The maximum Gasteiger partial charge on any atom is 0.335 e. The van der Waals surface area contributed by atoms with Gasteiger partial charge in [0.25, 0.3) is 0 Å². The third-order valence-corrected chi connectivity index (χ3v) is 2.96. The van der Waals surface area contributed by atoms with Crippen LogP contribution in [-0.2, 0) is 23.1 Å². The molecule has 5 nitrogen and oxygen atoms in total. The van der Waals surface area contributed by atoms with Gasteiger partial charge < -0.3 is 4.74 Å². The second-order valence-corrected chi connectivity index (χ2v) is 4.24. The molecule has 0 spiro atoms. The third kappa shape index (κ3) is 2.31. The molecule has 0 saturated heterocycles. The predicted molar refractivity (Wildman–Crippen MR) is 73.0 cm³/mol. The number of nitrogens with zero attached hydrogens (tertiary/aromatic N) is 2. The summed E-state index contributed by atoms with van der Waals surface area (Å²) in [6, 6.07) is 7.42. The fraction of sp³-hybridized carbons (Fsp3) is 0.286. The summed E-state index contributed by atoms with van der Waals surface area (Å²) in [5.41, 5.74) is 1.69. The third-order valence-electron chi connectivity index (χ3n) is 2.96. The second kappa shape index (κ2) is 5.14. The van der Waals surface area contributed by atoms with Gasteiger partial charge in [-0.05, 0) is 19.1 Å². The van der Waals surface area contributed by atoms with Crippen LogP contribution in [0.25, 0.3) is 11.0 Å². The maximum absolute atomic E-state index is 12.1. The van der Waals surface area contributed by atoms with Gasteiger partial charge >= 0.3 is 11.7 Å². The van der Waals surface area contributed by atoms with Crippen LogP contribution in [0.4, 0.5) is 0 Å². The molecular formula is C14H16N2O3. The maximum atomic E-state index is 12.1. The number of aromatic nitrogens is 2. The van der Waals surface area contributed by atoms with E-state index in [0.717, 1.165) is 11.0 Å². The zero-order valence-electron chi connectivity index (χ0n) is 11.0. The molecule has 2 aromatic rings. The molecule has 5 heteroatoms. The number of rotatable bonds is 4. The number of carbonyl (C=O) groups is 1. The molecule has 1 aromatic carbocycles. The van der Waals surface area contributed by atoms with Crippen LogP contribution in [0.1, 0.15) is 6.92 Å². The lowest BCUT2D eigenvalue weighted by Gasteiger charge is -2.06. The molecule has 0 amide bonds. The Labute approximate surface area is 110 Å². The molecule has 0 unspecified atom stereocenters. The van der Waals surface area contributed by atoms with Crippen molar-refractivity contribution < 1.29 is 9.53 Å². The monoisotopic (exact) mass is 260 g/mol. The van der Waals surface area contributed by atoms with E-state index in [1.165, 1.54) is 4.57 Å². The average molecular weight is 260 g/mol. The van der Waals surface area contributed by atoms with Gasteiger partial charge in [-0.3, -0.25) is 9.13 Å². The molecule has 0 fully saturated rings. The lowest BCUT2D eigenvalue weighted by molar-refractivity contribution is -0.138. The van der Waals surface area contributed by atoms with Crippen molar-refractivity contribution in [2.45, 2.75) is 13.5 Å². The molecule has 0 atom stereocenters. The first-order valence-corrected chi connectivity index (χ1v) is 6.05. The Bertz CT molecular complexity index is 694. The molecule has 0 radical (unpaired) electrons. The first-order chi connectivity index (χ1) is 9.06. The fourth-order valence-electron chi connectivity index (χ4n) is 2.00. The second-order valence-electron chi connectivity index (χ2n) is 4.24. The topological polar surface area (TPSA) is 53.2 Å². The molecule has 19 heavy (non-hydrogen) atoms. The minimum Gasteiger partial charge on any atom is -0.463 e. The Balaban J connectivity index is 2.41. The van der Waals surface area contributed by atoms with Crippen molar-refractivity contribution in [3.05, 3.63) is 46.9 Å². The Hall–Kier alpha value is -2.30. The summed E-state index contributed by atoms with van der Waals surface area (Å²) < 4.78 is 7.95. The number of aryl methyl sites for hydroxylation is 1. The lowest BCUT2D eigenvalue weighted by atomic mass is 10.3. The summed E-state index contributed by atoms with van der Waals surface area (Å²) in [4.78, 5) is 23.7. The number of esters is 1. The number of fused-ring (bicyclic) bond motifs is 1. The van der Waals surface area contributed by atoms with Crippen molar-refractivity contribution >= 4 is 17.0 Å². The van der Waals surface area contributed by atoms with Crippen LogP contribution in [-0.4, -0.2) is 21.7 Å². The summed E-state index contributed by atoms with van der Waals surface area (Å²) in [5, 5.41) is 0. The van der Waals surface area contributed by atoms with Crippen molar-refractivity contribution in [2.24, 2.45) is 7.05 Å². The summed E-state index contributed by atoms with van der Waals surface area (Å²) in [6.07, 6.45) is 0. The Morgan fingerprint density at radius 3 is 2.58 bits per heavy atom. The molecular weight excluding hydrogens is 244 g/mol. The Morgan fingerprint density at radius 2 is 1.95 bits per heavy atom. The molecule has 0 aliphatic rings. The largest absolute Gasteiger partial charge is 0.463 e. The zero-order valence-corrected chi connectivity index (χ0v) is 11.0. The minimum atomic E-state index is -0.470. The van der Waals surface area contributed by atoms with Crippen molar-refractivity contribution in [2.75, 3.05) is 6.61 Å². The van der Waals surface area contributed by atoms with E-state index in [2.05, 4.69) is 6.58 Å². The van der Waals surface area contributed by atoms with Crippen molar-refractivity contribution in [1.29, 1.82) is 0 Å². The fourth-order valence-corrected chi connectivity index (χ4v) is 2.00. The van der Waals surface area contributed by atoms with Crippen LogP contribution < -0.4 is 5.69 Å². The van der Waals surface area contributed by atoms with E-state index in [1.54, 1.807) is 18.5 Å². The van der Waals surface area contributed by atoms with Gasteiger partial charge in [-0.1, -0.05) is 18.7 Å². The summed E-state index contributed by atoms with van der Waals surface area (Å²) >= 11 is 0. The Kier molecular flexibility index (Phi) is 3.55. The SMILES string of the molecule is C=C(Cn1c(=O)n(C)c2ccccc21)C(=O)OCC. The van der Waals surface area contributed by atoms with Gasteiger partial charge in [-0.25, -0.2) is 9.59 Å². The normalized spacial score (nSPS) is 10.6. The van der Waals surface area contributed by atoms with Crippen LogP contribution in [0.3, 0.4) is 0 Å². The van der Waals surface area contributed by atoms with Crippen molar-refractivity contribution in [3.8, 4) is 0 Å². The standard InChI is InChI=1S/C14H16N2O3/c1-4-19-13(17)10(2)9-16-12-8-6-5-7-11(12)15(3)14(16)18/h5-8H,2,4,9H2,1,3H3. The molecule has 0 saturated carbocycles. The quantitative estimate of drug-likeness (QED) is 0.617. The van der Waals surface area contributed by atoms with Gasteiger partial charge in [0.05, 0.1) is 24.2 Å². The van der Waals surface area contributed by atoms with Crippen molar-refractivity contribution in [3.63, 3.8) is 0 Å². The molecule has 1 aromatic heterocycles. The molecule has 0 bridgehead atoms. The highest BCUT2D eigenvalue weighted by atomic mass is 16.5. The summed E-state index contributed by atoms with van der Waals surface area (Å²) in [7, 11) is 1.70. The van der Waals surface area contributed by atoms with Crippen molar-refractivity contribution in [1.82, 2.24) is 9.13 Å². The Morgan fingerprint density at radius 1 is 1.32 bits per heavy atom. The molecule has 2 rings (SSSR count). The van der Waals surface area contributed by atoms with Gasteiger partial charge in [-0.2, -0.15) is 0 Å². The van der Waals surface area contributed by atoms with Crippen LogP contribution >= 0.6 is 0 Å². The van der Waals surface area contributed by atoms with E-state index in [1.807, 2.05) is 24.3 Å². The van der Waals surface area contributed by atoms with Gasteiger partial charge in [0.15, 0.2) is 0 Å². The highest BCUT2D eigenvalue weighted by Gasteiger charge is 2.14. The first kappa shape index (κ1) is 13.1. The number of hydrogen-bond acceptors (Lipinski definition) is 3. The molecule has 0 aliphatic carbocycles. The van der Waals surface area contributed by atoms with E-state index in [4.69, 9.17) is 4.74 Å². The molecule has 1 heterocycles. The number of benzene rings is 1. The van der Waals surface area contributed by atoms with Gasteiger partial charge in [0.1, 0.15) is 0 Å². The summed E-state index contributed by atoms with van der Waals surface area (Å²) in [5.74, 6) is -0.470. The van der Waals surface area contributed by atoms with Crippen LogP contribution in [0.15, 0.2) is 41.2 Å². The highest BCUT2D eigenvalue weighted by molar-refractivity contribution is 5.88. The molecule has 100 valence electrons. The smallest absolute Gasteiger partial charge is 0.335 e. The van der Waals surface area contributed by atoms with Gasteiger partial charge in [-0.15, -0.1) is 0 Å². The first-order valence-electron chi connectivity index (χ1n) is 6.05. The predicted octanol–water partition coefficient (Wildman–Crippen LogP) is 1.46. The van der Waals surface area contributed by atoms with E-state index in [0.29, 0.717) is 6.61 Å². The molecule has 0 aliphatic heterocycles. The van der Waals surface area contributed by atoms with Gasteiger partial charge in [0.2, 0.25) is 0 Å². The number of imidazole rings is 1. The number of ether oxygens (including phenoxy) is 1. The van der Waals surface area contributed by atoms with Gasteiger partial charge in [0, 0.05) is 12.6 Å². The number of hydrogen-bond donors (Lipinski definition) is 0. The molecule has 0 N–H and O–H groups in total. The zero-order chi connectivity index (χ0) is 14.0. The van der Waals surface area contributed by atoms with E-state index >= 15 is 0 Å². The number of carbonyl (C=O) groups excluding carboxylic acids is 1. The van der Waals surface area contributed by atoms with Crippen LogP contribution in [0.5, 0.6) is 0 Å². The minimum absolute atomic E-state index is 0.138. The van der Waals surface area contributed by atoms with E-state index in [-0.39, 0.29) is 17.8 Å². The van der Waals surface area contributed by atoms with Crippen LogP contribution in [0, 0.1) is 0 Å². The van der Waals surface area contributed by atoms with Crippen LogP contribution in [0.2, 0.25) is 0 Å². The highest BCUT2D eigenvalue weighted by Crippen LogP contribution is 2.13. The average Bonchev–Trinajstić information content (AvgIpc) is 2.65. The van der Waals surface area contributed by atoms with E-state index < -0.39 is 5.97 Å². The number of para-hydroxylation sites is 2. The lowest BCUT2D eigenvalue weighted by Crippen LogP contribution is -2.24. The van der Waals surface area contributed by atoms with E-state index in [9.17, 15) is 9.59 Å².